The van der Waals surface area contributed by atoms with Gasteiger partial charge >= 0.3 is 0 Å². The maximum atomic E-state index is 9.94. The number of hydrogen-bond acceptors (Lipinski definition) is 8. The molecule has 0 aliphatic carbocycles. The van der Waals surface area contributed by atoms with Gasteiger partial charge in [0.15, 0.2) is 10.7 Å². The van der Waals surface area contributed by atoms with Crippen molar-refractivity contribution < 1.29 is 5.11 Å². The summed E-state index contributed by atoms with van der Waals surface area (Å²) in [7, 11) is 0. The monoisotopic (exact) mass is 416 g/mol. The SMILES string of the molecule is N#CC(=NNc1ccc(Cl)cc1)c1nc(O)c(N=Nc2ccc(Cl)cc2)s1. The molecule has 3 rings (SSSR count). The van der Waals surface area contributed by atoms with Gasteiger partial charge in [-0.1, -0.05) is 34.5 Å². The highest BCUT2D eigenvalue weighted by molar-refractivity contribution is 7.17. The molecule has 0 aliphatic rings. The summed E-state index contributed by atoms with van der Waals surface area (Å²) in [4.78, 5) is 3.92. The van der Waals surface area contributed by atoms with Crippen molar-refractivity contribution in [1.82, 2.24) is 4.98 Å². The van der Waals surface area contributed by atoms with E-state index in [1.807, 2.05) is 6.07 Å². The quantitative estimate of drug-likeness (QED) is 0.306. The zero-order valence-corrected chi connectivity index (χ0v) is 15.8. The Hall–Kier alpha value is -2.99. The zero-order chi connectivity index (χ0) is 19.2. The van der Waals surface area contributed by atoms with Crippen molar-refractivity contribution in [2.24, 2.45) is 15.3 Å². The van der Waals surface area contributed by atoms with Crippen LogP contribution in [0.25, 0.3) is 0 Å². The van der Waals surface area contributed by atoms with E-state index in [4.69, 9.17) is 23.2 Å². The number of hydrazone groups is 1. The summed E-state index contributed by atoms with van der Waals surface area (Å²) in [6.07, 6.45) is 0. The predicted molar refractivity (Wildman–Crippen MR) is 107 cm³/mol. The number of rotatable bonds is 5. The van der Waals surface area contributed by atoms with E-state index in [-0.39, 0.29) is 21.6 Å². The first-order valence-corrected chi connectivity index (χ1v) is 8.99. The van der Waals surface area contributed by atoms with Crippen LogP contribution in [0.4, 0.5) is 16.4 Å². The van der Waals surface area contributed by atoms with Gasteiger partial charge in [0.1, 0.15) is 6.07 Å². The molecule has 0 unspecified atom stereocenters. The molecule has 1 aromatic heterocycles. The number of benzene rings is 2. The Morgan fingerprint density at radius 3 is 2.30 bits per heavy atom. The van der Waals surface area contributed by atoms with Crippen LogP contribution in [0.3, 0.4) is 0 Å². The number of thiazole rings is 1. The highest BCUT2D eigenvalue weighted by Crippen LogP contribution is 2.34. The van der Waals surface area contributed by atoms with E-state index >= 15 is 0 Å². The van der Waals surface area contributed by atoms with Gasteiger partial charge in [0.25, 0.3) is 5.88 Å². The minimum Gasteiger partial charge on any atom is -0.491 e. The number of azo groups is 1. The van der Waals surface area contributed by atoms with Crippen molar-refractivity contribution in [2.45, 2.75) is 0 Å². The highest BCUT2D eigenvalue weighted by atomic mass is 35.5. The normalized spacial score (nSPS) is 11.5. The molecule has 0 saturated carbocycles. The van der Waals surface area contributed by atoms with E-state index < -0.39 is 0 Å². The van der Waals surface area contributed by atoms with E-state index in [9.17, 15) is 10.4 Å². The third-order valence-corrected chi connectivity index (χ3v) is 4.56. The van der Waals surface area contributed by atoms with Crippen molar-refractivity contribution >= 4 is 56.6 Å². The van der Waals surface area contributed by atoms with Crippen molar-refractivity contribution in [2.75, 3.05) is 5.43 Å². The van der Waals surface area contributed by atoms with Crippen LogP contribution in [0.5, 0.6) is 5.88 Å². The summed E-state index contributed by atoms with van der Waals surface area (Å²) in [5, 5.41) is 32.8. The van der Waals surface area contributed by atoms with Crippen LogP contribution >= 0.6 is 34.5 Å². The molecule has 3 aromatic rings. The van der Waals surface area contributed by atoms with Gasteiger partial charge in [0.05, 0.1) is 11.4 Å². The summed E-state index contributed by atoms with van der Waals surface area (Å²) < 4.78 is 0. The van der Waals surface area contributed by atoms with Gasteiger partial charge in [-0.2, -0.15) is 15.3 Å². The van der Waals surface area contributed by atoms with Gasteiger partial charge in [-0.25, -0.2) is 0 Å². The van der Waals surface area contributed by atoms with Gasteiger partial charge in [0, 0.05) is 10.0 Å². The van der Waals surface area contributed by atoms with Crippen LogP contribution < -0.4 is 5.43 Å². The number of halogens is 2. The Morgan fingerprint density at radius 1 is 1.04 bits per heavy atom. The van der Waals surface area contributed by atoms with Crippen molar-refractivity contribution in [1.29, 1.82) is 5.26 Å². The number of nitrogens with one attached hydrogen (secondary N) is 1. The van der Waals surface area contributed by atoms with Gasteiger partial charge in [0.2, 0.25) is 5.00 Å². The van der Waals surface area contributed by atoms with E-state index in [1.165, 1.54) is 0 Å². The van der Waals surface area contributed by atoms with Gasteiger partial charge in [-0.3, -0.25) is 5.43 Å². The second-order valence-electron chi connectivity index (χ2n) is 5.02. The minimum atomic E-state index is -0.331. The molecule has 0 saturated heterocycles. The predicted octanol–water partition coefficient (Wildman–Crippen LogP) is 5.91. The maximum absolute atomic E-state index is 9.94. The number of hydrogen-bond donors (Lipinski definition) is 2. The molecular weight excluding hydrogens is 407 g/mol. The highest BCUT2D eigenvalue weighted by Gasteiger charge is 2.15. The molecule has 0 aliphatic heterocycles. The molecular formula is C17H10Cl2N6OS. The fraction of sp³-hybridized carbons (Fsp3) is 0. The Balaban J connectivity index is 1.78. The Labute approximate surface area is 168 Å². The van der Waals surface area contributed by atoms with Crippen LogP contribution in [0.15, 0.2) is 63.9 Å². The van der Waals surface area contributed by atoms with Crippen molar-refractivity contribution in [3.63, 3.8) is 0 Å². The topological polar surface area (TPSA) is 106 Å². The summed E-state index contributed by atoms with van der Waals surface area (Å²) in [5.74, 6) is -0.331. The molecule has 0 atom stereocenters. The molecule has 0 radical (unpaired) electrons. The second kappa shape index (κ2) is 8.60. The molecule has 10 heteroatoms. The second-order valence-corrected chi connectivity index (χ2v) is 6.87. The Morgan fingerprint density at radius 2 is 1.67 bits per heavy atom. The summed E-state index contributed by atoms with van der Waals surface area (Å²) in [6.45, 7) is 0. The fourth-order valence-electron chi connectivity index (χ4n) is 1.85. The number of anilines is 1. The largest absolute Gasteiger partial charge is 0.491 e. The number of nitriles is 1. The first kappa shape index (κ1) is 18.8. The molecule has 0 fully saturated rings. The van der Waals surface area contributed by atoms with Crippen molar-refractivity contribution in [3.05, 3.63) is 63.6 Å². The summed E-state index contributed by atoms with van der Waals surface area (Å²) in [6, 6.07) is 15.5. The van der Waals surface area contributed by atoms with Gasteiger partial charge in [-0.05, 0) is 48.5 Å². The average molecular weight is 417 g/mol. The molecule has 0 amide bonds. The van der Waals surface area contributed by atoms with E-state index in [1.54, 1.807) is 48.5 Å². The summed E-state index contributed by atoms with van der Waals surface area (Å²) >= 11 is 12.6. The first-order chi connectivity index (χ1) is 13.0. The lowest BCUT2D eigenvalue weighted by Gasteiger charge is -2.00. The van der Waals surface area contributed by atoms with Crippen LogP contribution in [0.2, 0.25) is 10.0 Å². The molecule has 0 bridgehead atoms. The lowest BCUT2D eigenvalue weighted by Crippen LogP contribution is -2.01. The van der Waals surface area contributed by atoms with Gasteiger partial charge < -0.3 is 5.11 Å². The number of nitrogens with zero attached hydrogens (tertiary/aromatic N) is 5. The van der Waals surface area contributed by atoms with Gasteiger partial charge in [-0.15, -0.1) is 10.2 Å². The first-order valence-electron chi connectivity index (χ1n) is 7.42. The average Bonchev–Trinajstić information content (AvgIpc) is 3.04. The van der Waals surface area contributed by atoms with E-state index in [0.29, 0.717) is 21.4 Å². The molecule has 2 N–H and O–H groups in total. The van der Waals surface area contributed by atoms with Crippen LogP contribution in [0, 0.1) is 11.3 Å². The van der Waals surface area contributed by atoms with E-state index in [2.05, 4.69) is 25.7 Å². The standard InChI is InChI=1S/C17H10Cl2N6OS/c18-10-1-5-12(6-2-10)22-24-14(9-20)16-21-15(26)17(27-16)25-23-13-7-3-11(19)4-8-13/h1-8,22,26H. The molecule has 0 spiro atoms. The lowest BCUT2D eigenvalue weighted by atomic mass is 10.3. The van der Waals surface area contributed by atoms with E-state index in [0.717, 1.165) is 11.3 Å². The van der Waals surface area contributed by atoms with Crippen LogP contribution in [-0.4, -0.2) is 15.8 Å². The smallest absolute Gasteiger partial charge is 0.251 e. The van der Waals surface area contributed by atoms with Crippen LogP contribution in [-0.2, 0) is 0 Å². The number of aromatic nitrogens is 1. The van der Waals surface area contributed by atoms with Crippen molar-refractivity contribution in [3.8, 4) is 11.9 Å². The maximum Gasteiger partial charge on any atom is 0.251 e. The number of aromatic hydroxyl groups is 1. The minimum absolute atomic E-state index is 0.00167. The third kappa shape index (κ3) is 5.01. The lowest BCUT2D eigenvalue weighted by molar-refractivity contribution is 0.458. The molecule has 1 heterocycles. The Bertz CT molecular complexity index is 1040. The molecule has 27 heavy (non-hydrogen) atoms. The molecule has 7 nitrogen and oxygen atoms in total. The third-order valence-electron chi connectivity index (χ3n) is 3.12. The molecule has 134 valence electrons. The summed E-state index contributed by atoms with van der Waals surface area (Å²) in [5.41, 5.74) is 3.95. The fourth-order valence-corrected chi connectivity index (χ4v) is 2.82. The van der Waals surface area contributed by atoms with Crippen LogP contribution in [0.1, 0.15) is 5.01 Å². The molecule has 2 aromatic carbocycles. The zero-order valence-electron chi connectivity index (χ0n) is 13.5. The Kier molecular flexibility index (Phi) is 5.98.